The van der Waals surface area contributed by atoms with Gasteiger partial charge in [0.1, 0.15) is 5.75 Å². The van der Waals surface area contributed by atoms with Crippen LogP contribution >= 0.6 is 11.6 Å². The van der Waals surface area contributed by atoms with Crippen LogP contribution in [0.2, 0.25) is 5.02 Å². The van der Waals surface area contributed by atoms with Crippen molar-refractivity contribution >= 4 is 38.9 Å². The van der Waals surface area contributed by atoms with Crippen LogP contribution in [0.1, 0.15) is 16.7 Å². The number of anilines is 2. The molecule has 31 heavy (non-hydrogen) atoms. The Balaban J connectivity index is 1.65. The molecule has 0 aliphatic rings. The van der Waals surface area contributed by atoms with Crippen molar-refractivity contribution < 1.29 is 17.9 Å². The number of aryl methyl sites for hydroxylation is 2. The zero-order valence-electron chi connectivity index (χ0n) is 17.4. The Bertz CT molecular complexity index is 1210. The number of benzene rings is 3. The number of ether oxygens (including phenoxy) is 1. The van der Waals surface area contributed by atoms with Gasteiger partial charge in [-0.15, -0.1) is 0 Å². The number of nitrogens with one attached hydrogen (secondary N) is 2. The maximum absolute atomic E-state index is 12.7. The van der Waals surface area contributed by atoms with E-state index in [9.17, 15) is 13.2 Å². The van der Waals surface area contributed by atoms with E-state index in [4.69, 9.17) is 16.3 Å². The van der Waals surface area contributed by atoms with E-state index in [0.717, 1.165) is 11.1 Å². The minimum absolute atomic E-state index is 0.108. The van der Waals surface area contributed by atoms with Crippen LogP contribution in [-0.2, 0) is 14.8 Å². The molecule has 0 fully saturated rings. The van der Waals surface area contributed by atoms with E-state index < -0.39 is 10.0 Å². The summed E-state index contributed by atoms with van der Waals surface area (Å²) in [7, 11) is -3.74. The molecule has 3 aromatic rings. The monoisotopic (exact) mass is 458 g/mol. The molecule has 8 heteroatoms. The molecule has 162 valence electrons. The molecule has 0 aliphatic carbocycles. The molecule has 3 aromatic carbocycles. The van der Waals surface area contributed by atoms with Gasteiger partial charge < -0.3 is 10.1 Å². The molecular formula is C23H23ClN2O4S. The van der Waals surface area contributed by atoms with Crippen molar-refractivity contribution in [1.29, 1.82) is 0 Å². The quantitative estimate of drug-likeness (QED) is 0.516. The van der Waals surface area contributed by atoms with Gasteiger partial charge in [0.05, 0.1) is 4.90 Å². The summed E-state index contributed by atoms with van der Waals surface area (Å²) in [4.78, 5) is 12.3. The molecule has 0 heterocycles. The number of sulfonamides is 1. The Labute approximate surface area is 187 Å². The van der Waals surface area contributed by atoms with Crippen LogP contribution in [0.3, 0.4) is 0 Å². The Morgan fingerprint density at radius 3 is 2.39 bits per heavy atom. The fraction of sp³-hybridized carbons (Fsp3) is 0.174. The molecule has 0 aromatic heterocycles. The molecule has 3 rings (SSSR count). The van der Waals surface area contributed by atoms with Crippen molar-refractivity contribution in [3.05, 3.63) is 82.4 Å². The maximum Gasteiger partial charge on any atom is 0.262 e. The number of carbonyl (C=O) groups excluding carboxylic acids is 1. The first-order valence-electron chi connectivity index (χ1n) is 9.53. The molecule has 2 N–H and O–H groups in total. The molecule has 0 radical (unpaired) electrons. The molecule has 6 nitrogen and oxygen atoms in total. The van der Waals surface area contributed by atoms with E-state index in [1.54, 1.807) is 37.3 Å². The van der Waals surface area contributed by atoms with Gasteiger partial charge in [-0.25, -0.2) is 8.42 Å². The van der Waals surface area contributed by atoms with Crippen molar-refractivity contribution in [2.75, 3.05) is 16.6 Å². The summed E-state index contributed by atoms with van der Waals surface area (Å²) < 4.78 is 33.4. The zero-order valence-corrected chi connectivity index (χ0v) is 19.0. The van der Waals surface area contributed by atoms with E-state index >= 15 is 0 Å². The third-order valence-electron chi connectivity index (χ3n) is 4.66. The number of hydrogen-bond acceptors (Lipinski definition) is 4. The number of rotatable bonds is 7. The van der Waals surface area contributed by atoms with Crippen molar-refractivity contribution in [2.45, 2.75) is 25.7 Å². The lowest BCUT2D eigenvalue weighted by Crippen LogP contribution is -2.21. The highest BCUT2D eigenvalue weighted by atomic mass is 35.5. The fourth-order valence-electron chi connectivity index (χ4n) is 2.86. The molecular weight excluding hydrogens is 436 g/mol. The summed E-state index contributed by atoms with van der Waals surface area (Å²) in [5.74, 6) is 0.0785. The fourth-order valence-corrected chi connectivity index (χ4v) is 4.18. The molecule has 0 saturated carbocycles. The zero-order chi connectivity index (χ0) is 22.6. The molecule has 1 amide bonds. The molecule has 0 bridgehead atoms. The lowest BCUT2D eigenvalue weighted by molar-refractivity contribution is -0.118. The third-order valence-corrected chi connectivity index (χ3v) is 6.45. The number of hydrogen-bond donors (Lipinski definition) is 2. The minimum Gasteiger partial charge on any atom is -0.483 e. The maximum atomic E-state index is 12.7. The second kappa shape index (κ2) is 9.41. The first-order chi connectivity index (χ1) is 14.7. The Morgan fingerprint density at radius 2 is 1.71 bits per heavy atom. The minimum atomic E-state index is -3.74. The summed E-state index contributed by atoms with van der Waals surface area (Å²) in [6.45, 7) is 5.24. The molecule has 0 saturated heterocycles. The Hall–Kier alpha value is -3.03. The van der Waals surface area contributed by atoms with E-state index in [1.165, 1.54) is 18.2 Å². The summed E-state index contributed by atoms with van der Waals surface area (Å²) in [5, 5.41) is 3.31. The van der Waals surface area contributed by atoms with Crippen molar-refractivity contribution in [3.63, 3.8) is 0 Å². The van der Waals surface area contributed by atoms with Gasteiger partial charge in [0.2, 0.25) is 0 Å². The topological polar surface area (TPSA) is 84.5 Å². The van der Waals surface area contributed by atoms with Gasteiger partial charge in [0, 0.05) is 16.4 Å². The lowest BCUT2D eigenvalue weighted by Gasteiger charge is -2.13. The van der Waals surface area contributed by atoms with Crippen LogP contribution in [-0.4, -0.2) is 20.9 Å². The largest absolute Gasteiger partial charge is 0.483 e. The standard InChI is InChI=1S/C23H23ClN2O4S/c1-15-7-9-18(10-8-15)26-31(28,29)19-11-12-22(16(2)13-19)30-14-23(27)25-21-6-4-5-20(24)17(21)3/h4-13,26H,14H2,1-3H3,(H,25,27). The number of amides is 1. The van der Waals surface area contributed by atoms with Gasteiger partial charge >= 0.3 is 0 Å². The molecule has 0 aliphatic heterocycles. The van der Waals surface area contributed by atoms with E-state index in [-0.39, 0.29) is 17.4 Å². The SMILES string of the molecule is Cc1ccc(NS(=O)(=O)c2ccc(OCC(=O)Nc3cccc(Cl)c3C)c(C)c2)cc1. The normalized spacial score (nSPS) is 11.1. The van der Waals surface area contributed by atoms with Crippen LogP contribution in [0.4, 0.5) is 11.4 Å². The summed E-state index contributed by atoms with van der Waals surface area (Å²) in [5.41, 5.74) is 3.50. The van der Waals surface area contributed by atoms with Crippen molar-refractivity contribution in [1.82, 2.24) is 0 Å². The van der Waals surface area contributed by atoms with Crippen LogP contribution in [0.15, 0.2) is 65.6 Å². The van der Waals surface area contributed by atoms with Crippen LogP contribution in [0.25, 0.3) is 0 Å². The average molecular weight is 459 g/mol. The first-order valence-corrected chi connectivity index (χ1v) is 11.4. The van der Waals surface area contributed by atoms with Gasteiger partial charge in [0.15, 0.2) is 6.61 Å². The van der Waals surface area contributed by atoms with Crippen molar-refractivity contribution in [3.8, 4) is 5.75 Å². The second-order valence-corrected chi connectivity index (χ2v) is 9.24. The Morgan fingerprint density at radius 1 is 1.00 bits per heavy atom. The smallest absolute Gasteiger partial charge is 0.262 e. The van der Waals surface area contributed by atoms with E-state index in [1.807, 2.05) is 26.0 Å². The summed E-state index contributed by atoms with van der Waals surface area (Å²) in [6, 6.07) is 16.8. The van der Waals surface area contributed by atoms with Gasteiger partial charge in [-0.3, -0.25) is 9.52 Å². The molecule has 0 spiro atoms. The predicted molar refractivity (Wildman–Crippen MR) is 123 cm³/mol. The predicted octanol–water partition coefficient (Wildman–Crippen LogP) is 5.08. The number of halogens is 1. The van der Waals surface area contributed by atoms with Crippen LogP contribution in [0.5, 0.6) is 5.75 Å². The second-order valence-electron chi connectivity index (χ2n) is 7.15. The van der Waals surface area contributed by atoms with Gasteiger partial charge in [-0.2, -0.15) is 0 Å². The van der Waals surface area contributed by atoms with Gasteiger partial charge in [-0.05, 0) is 74.4 Å². The van der Waals surface area contributed by atoms with Crippen molar-refractivity contribution in [2.24, 2.45) is 0 Å². The van der Waals surface area contributed by atoms with Crippen LogP contribution in [0, 0.1) is 20.8 Å². The summed E-state index contributed by atoms with van der Waals surface area (Å²) >= 11 is 6.06. The highest BCUT2D eigenvalue weighted by Crippen LogP contribution is 2.25. The van der Waals surface area contributed by atoms with Gasteiger partial charge in [0.25, 0.3) is 15.9 Å². The molecule has 0 unspecified atom stereocenters. The van der Waals surface area contributed by atoms with E-state index in [0.29, 0.717) is 27.7 Å². The highest BCUT2D eigenvalue weighted by Gasteiger charge is 2.16. The number of carbonyl (C=O) groups is 1. The molecule has 0 atom stereocenters. The Kier molecular flexibility index (Phi) is 6.87. The highest BCUT2D eigenvalue weighted by molar-refractivity contribution is 7.92. The lowest BCUT2D eigenvalue weighted by atomic mass is 10.2. The first kappa shape index (κ1) is 22.7. The van der Waals surface area contributed by atoms with Crippen LogP contribution < -0.4 is 14.8 Å². The van der Waals surface area contributed by atoms with E-state index in [2.05, 4.69) is 10.0 Å². The summed E-state index contributed by atoms with van der Waals surface area (Å²) in [6.07, 6.45) is 0. The van der Waals surface area contributed by atoms with Gasteiger partial charge in [-0.1, -0.05) is 35.4 Å². The average Bonchev–Trinajstić information content (AvgIpc) is 2.72. The third kappa shape index (κ3) is 5.77.